The first-order valence-electron chi connectivity index (χ1n) is 8.85. The quantitative estimate of drug-likeness (QED) is 0.241. The van der Waals surface area contributed by atoms with Crippen molar-refractivity contribution in [3.63, 3.8) is 0 Å². The zero-order chi connectivity index (χ0) is 22.4. The van der Waals surface area contributed by atoms with Crippen LogP contribution in [0.15, 0.2) is 65.8 Å². The zero-order valence-electron chi connectivity index (χ0n) is 16.1. The third-order valence-corrected chi connectivity index (χ3v) is 4.81. The SMILES string of the molecule is COc1cc(C=NNC(=O)c2ccccc2O)ccc1OC(=O)c1ccc(Cl)c(Cl)c1. The maximum absolute atomic E-state index is 12.4. The van der Waals surface area contributed by atoms with Gasteiger partial charge in [-0.3, -0.25) is 4.79 Å². The number of esters is 1. The van der Waals surface area contributed by atoms with Crippen LogP contribution in [0.5, 0.6) is 17.2 Å². The summed E-state index contributed by atoms with van der Waals surface area (Å²) >= 11 is 11.8. The molecule has 3 aromatic rings. The van der Waals surface area contributed by atoms with Gasteiger partial charge in [0.15, 0.2) is 11.5 Å². The van der Waals surface area contributed by atoms with Crippen molar-refractivity contribution < 1.29 is 24.2 Å². The van der Waals surface area contributed by atoms with Crippen LogP contribution < -0.4 is 14.9 Å². The number of para-hydroxylation sites is 1. The zero-order valence-corrected chi connectivity index (χ0v) is 17.6. The summed E-state index contributed by atoms with van der Waals surface area (Å²) in [5, 5.41) is 14.1. The Bertz CT molecular complexity index is 1160. The van der Waals surface area contributed by atoms with E-state index >= 15 is 0 Å². The summed E-state index contributed by atoms with van der Waals surface area (Å²) in [4.78, 5) is 24.4. The van der Waals surface area contributed by atoms with Crippen molar-refractivity contribution >= 4 is 41.3 Å². The number of amides is 1. The molecule has 0 atom stereocenters. The number of methoxy groups -OCH3 is 1. The standard InChI is InChI=1S/C22H16Cl2N2O5/c1-30-20-10-13(12-25-26-21(28)15-4-2-3-5-18(15)27)6-9-19(20)31-22(29)14-7-8-16(23)17(24)11-14/h2-12,27H,1H3,(H,26,28). The van der Waals surface area contributed by atoms with E-state index < -0.39 is 11.9 Å². The minimum atomic E-state index is -0.631. The van der Waals surface area contributed by atoms with E-state index in [9.17, 15) is 14.7 Å². The summed E-state index contributed by atoms with van der Waals surface area (Å²) in [5.74, 6) is -0.870. The molecule has 2 N–H and O–H groups in total. The molecule has 0 aliphatic carbocycles. The molecule has 0 spiro atoms. The Kier molecular flexibility index (Phi) is 7.12. The van der Waals surface area contributed by atoms with E-state index in [0.717, 1.165) is 0 Å². The van der Waals surface area contributed by atoms with Crippen LogP contribution in [0.2, 0.25) is 10.0 Å². The van der Waals surface area contributed by atoms with Gasteiger partial charge in [0.1, 0.15) is 5.75 Å². The lowest BCUT2D eigenvalue weighted by atomic mass is 10.2. The lowest BCUT2D eigenvalue weighted by Crippen LogP contribution is -2.17. The minimum absolute atomic E-state index is 0.0989. The van der Waals surface area contributed by atoms with E-state index in [2.05, 4.69) is 10.5 Å². The number of hydrogen-bond acceptors (Lipinski definition) is 6. The van der Waals surface area contributed by atoms with Crippen LogP contribution in [-0.2, 0) is 0 Å². The van der Waals surface area contributed by atoms with Crippen molar-refractivity contribution in [2.24, 2.45) is 5.10 Å². The van der Waals surface area contributed by atoms with E-state index in [0.29, 0.717) is 10.6 Å². The van der Waals surface area contributed by atoms with Gasteiger partial charge < -0.3 is 14.6 Å². The molecule has 1 amide bonds. The highest BCUT2D eigenvalue weighted by Gasteiger charge is 2.14. The normalized spacial score (nSPS) is 10.7. The summed E-state index contributed by atoms with van der Waals surface area (Å²) in [6.45, 7) is 0. The van der Waals surface area contributed by atoms with Gasteiger partial charge in [-0.2, -0.15) is 5.10 Å². The second-order valence-electron chi connectivity index (χ2n) is 6.14. The van der Waals surface area contributed by atoms with Gasteiger partial charge >= 0.3 is 5.97 Å². The molecule has 0 saturated carbocycles. The second kappa shape index (κ2) is 9.97. The van der Waals surface area contributed by atoms with Gasteiger partial charge in [-0.1, -0.05) is 35.3 Å². The molecule has 0 aliphatic rings. The van der Waals surface area contributed by atoms with Crippen LogP contribution in [-0.4, -0.2) is 30.3 Å². The largest absolute Gasteiger partial charge is 0.507 e. The molecule has 0 bridgehead atoms. The van der Waals surface area contributed by atoms with Crippen molar-refractivity contribution in [2.75, 3.05) is 7.11 Å². The maximum atomic E-state index is 12.4. The second-order valence-corrected chi connectivity index (χ2v) is 6.96. The Labute approximate surface area is 187 Å². The predicted molar refractivity (Wildman–Crippen MR) is 118 cm³/mol. The van der Waals surface area contributed by atoms with Crippen LogP contribution in [0.25, 0.3) is 0 Å². The highest BCUT2D eigenvalue weighted by Crippen LogP contribution is 2.29. The Hall–Kier alpha value is -3.55. The molecule has 0 radical (unpaired) electrons. The van der Waals surface area contributed by atoms with Gasteiger partial charge in [-0.15, -0.1) is 0 Å². The van der Waals surface area contributed by atoms with Gasteiger partial charge in [0.2, 0.25) is 0 Å². The number of hydrogen-bond donors (Lipinski definition) is 2. The molecule has 0 heterocycles. The van der Waals surface area contributed by atoms with Crippen LogP contribution in [0, 0.1) is 0 Å². The fourth-order valence-electron chi connectivity index (χ4n) is 2.52. The highest BCUT2D eigenvalue weighted by atomic mass is 35.5. The van der Waals surface area contributed by atoms with E-state index in [4.69, 9.17) is 32.7 Å². The Morgan fingerprint density at radius 2 is 1.77 bits per heavy atom. The molecule has 158 valence electrons. The number of benzene rings is 3. The van der Waals surface area contributed by atoms with Gasteiger partial charge in [-0.05, 0) is 54.1 Å². The summed E-state index contributed by atoms with van der Waals surface area (Å²) in [6, 6.07) is 15.2. The molecule has 0 aromatic heterocycles. The number of carbonyl (C=O) groups excluding carboxylic acids is 2. The molecular weight excluding hydrogens is 443 g/mol. The number of ether oxygens (including phenoxy) is 2. The monoisotopic (exact) mass is 458 g/mol. The third-order valence-electron chi connectivity index (χ3n) is 4.07. The van der Waals surface area contributed by atoms with Crippen LogP contribution in [0.4, 0.5) is 0 Å². The van der Waals surface area contributed by atoms with Gasteiger partial charge in [0, 0.05) is 0 Å². The van der Waals surface area contributed by atoms with Crippen LogP contribution in [0.3, 0.4) is 0 Å². The minimum Gasteiger partial charge on any atom is -0.507 e. The summed E-state index contributed by atoms with van der Waals surface area (Å²) < 4.78 is 10.6. The number of nitrogens with one attached hydrogen (secondary N) is 1. The topological polar surface area (TPSA) is 97.2 Å². The fourth-order valence-corrected chi connectivity index (χ4v) is 2.82. The Morgan fingerprint density at radius 1 is 1.00 bits per heavy atom. The third kappa shape index (κ3) is 5.53. The van der Waals surface area contributed by atoms with E-state index in [1.807, 2.05) is 0 Å². The van der Waals surface area contributed by atoms with Gasteiger partial charge in [-0.25, -0.2) is 10.2 Å². The Morgan fingerprint density at radius 3 is 2.48 bits per heavy atom. The number of phenolic OH excluding ortho intramolecular Hbond substituents is 1. The van der Waals surface area contributed by atoms with Crippen molar-refractivity contribution in [2.45, 2.75) is 0 Å². The molecule has 9 heteroatoms. The molecule has 3 aromatic carbocycles. The molecule has 0 fully saturated rings. The van der Waals surface area contributed by atoms with Gasteiger partial charge in [0.05, 0.1) is 34.5 Å². The average Bonchev–Trinajstić information content (AvgIpc) is 2.76. The average molecular weight is 459 g/mol. The van der Waals surface area contributed by atoms with Crippen molar-refractivity contribution in [1.29, 1.82) is 0 Å². The molecule has 0 saturated heterocycles. The van der Waals surface area contributed by atoms with Crippen LogP contribution >= 0.6 is 23.2 Å². The molecule has 3 rings (SSSR count). The first-order valence-corrected chi connectivity index (χ1v) is 9.61. The van der Waals surface area contributed by atoms with E-state index in [1.165, 1.54) is 49.7 Å². The first kappa shape index (κ1) is 22.1. The summed E-state index contributed by atoms with van der Waals surface area (Å²) in [5.41, 5.74) is 3.23. The maximum Gasteiger partial charge on any atom is 0.343 e. The number of aromatic hydroxyl groups is 1. The highest BCUT2D eigenvalue weighted by molar-refractivity contribution is 6.42. The summed E-state index contributed by atoms with van der Waals surface area (Å²) in [6.07, 6.45) is 1.38. The summed E-state index contributed by atoms with van der Waals surface area (Å²) in [7, 11) is 1.42. The van der Waals surface area contributed by atoms with E-state index in [-0.39, 0.29) is 33.4 Å². The van der Waals surface area contributed by atoms with Crippen molar-refractivity contribution in [1.82, 2.24) is 5.43 Å². The predicted octanol–water partition coefficient (Wildman–Crippen LogP) is 4.69. The smallest absolute Gasteiger partial charge is 0.343 e. The molecule has 0 aliphatic heterocycles. The number of hydrazone groups is 1. The lowest BCUT2D eigenvalue weighted by Gasteiger charge is -2.10. The molecule has 7 nitrogen and oxygen atoms in total. The molecule has 31 heavy (non-hydrogen) atoms. The number of phenols is 1. The number of nitrogens with zero attached hydrogens (tertiary/aromatic N) is 1. The van der Waals surface area contributed by atoms with Crippen molar-refractivity contribution in [3.8, 4) is 17.2 Å². The fraction of sp³-hybridized carbons (Fsp3) is 0.0455. The number of rotatable bonds is 6. The number of carbonyl (C=O) groups is 2. The van der Waals surface area contributed by atoms with Crippen molar-refractivity contribution in [3.05, 3.63) is 87.4 Å². The Balaban J connectivity index is 1.70. The lowest BCUT2D eigenvalue weighted by molar-refractivity contribution is 0.0729. The molecule has 0 unspecified atom stereocenters. The number of halogens is 2. The van der Waals surface area contributed by atoms with Gasteiger partial charge in [0.25, 0.3) is 5.91 Å². The van der Waals surface area contributed by atoms with Crippen LogP contribution in [0.1, 0.15) is 26.3 Å². The first-order chi connectivity index (χ1) is 14.9. The molecular formula is C22H16Cl2N2O5. The van der Waals surface area contributed by atoms with E-state index in [1.54, 1.807) is 24.3 Å².